The quantitative estimate of drug-likeness (QED) is 0.544. The average molecular weight is 408 g/mol. The second-order valence-electron chi connectivity index (χ2n) is 7.65. The highest BCUT2D eigenvalue weighted by Crippen LogP contribution is 2.10. The molecule has 0 saturated carbocycles. The van der Waals surface area contributed by atoms with Crippen molar-refractivity contribution >= 4 is 18.0 Å². The smallest absolute Gasteiger partial charge is 0.438 e. The number of ether oxygens (including phenoxy) is 2. The van der Waals surface area contributed by atoms with E-state index in [4.69, 9.17) is 4.74 Å². The molecule has 2 amide bonds. The van der Waals surface area contributed by atoms with Crippen LogP contribution in [0.3, 0.4) is 0 Å². The lowest BCUT2D eigenvalue weighted by atomic mass is 10.0. The first-order chi connectivity index (χ1) is 13.6. The molecule has 0 fully saturated rings. The number of carbonyl (C=O) groups is 3. The Labute approximate surface area is 172 Å². The first kappa shape index (κ1) is 24.4. The van der Waals surface area contributed by atoms with Gasteiger partial charge in [0, 0.05) is 19.5 Å². The maximum Gasteiger partial charge on any atom is 0.508 e. The second-order valence-corrected chi connectivity index (χ2v) is 7.65. The van der Waals surface area contributed by atoms with Gasteiger partial charge in [0.2, 0.25) is 11.8 Å². The van der Waals surface area contributed by atoms with Crippen molar-refractivity contribution in [3.05, 3.63) is 35.4 Å². The van der Waals surface area contributed by atoms with Crippen LogP contribution in [0, 0.1) is 0 Å². The van der Waals surface area contributed by atoms with Gasteiger partial charge >= 0.3 is 6.16 Å². The molecule has 1 aromatic carbocycles. The highest BCUT2D eigenvalue weighted by molar-refractivity contribution is 5.90. The highest BCUT2D eigenvalue weighted by atomic mass is 16.7. The highest BCUT2D eigenvalue weighted by Gasteiger charge is 2.28. The summed E-state index contributed by atoms with van der Waals surface area (Å²) in [6.45, 7) is 4.83. The van der Waals surface area contributed by atoms with E-state index in [1.807, 2.05) is 43.3 Å². The number of aryl methyl sites for hydroxylation is 1. The van der Waals surface area contributed by atoms with E-state index in [2.05, 4.69) is 15.4 Å². The number of amides is 2. The Hall–Kier alpha value is -2.61. The van der Waals surface area contributed by atoms with Crippen molar-refractivity contribution in [1.29, 1.82) is 0 Å². The van der Waals surface area contributed by atoms with Crippen LogP contribution in [0.15, 0.2) is 24.3 Å². The summed E-state index contributed by atoms with van der Waals surface area (Å²) < 4.78 is 9.31. The normalized spacial score (nSPS) is 11.1. The van der Waals surface area contributed by atoms with E-state index in [1.54, 1.807) is 13.8 Å². The number of hydrogen-bond acceptors (Lipinski definition) is 6. The zero-order chi connectivity index (χ0) is 21.9. The third kappa shape index (κ3) is 9.94. The van der Waals surface area contributed by atoms with Crippen LogP contribution in [-0.4, -0.2) is 62.7 Å². The zero-order valence-electron chi connectivity index (χ0n) is 18.0. The molecule has 0 aromatic heterocycles. The Balaban J connectivity index is 2.35. The van der Waals surface area contributed by atoms with E-state index in [0.717, 1.165) is 24.1 Å². The van der Waals surface area contributed by atoms with E-state index in [-0.39, 0.29) is 18.4 Å². The average Bonchev–Trinajstić information content (AvgIpc) is 2.66. The molecule has 29 heavy (non-hydrogen) atoms. The predicted octanol–water partition coefficient (Wildman–Crippen LogP) is 1.86. The molecule has 162 valence electrons. The third-order valence-electron chi connectivity index (χ3n) is 4.28. The van der Waals surface area contributed by atoms with Gasteiger partial charge in [0.25, 0.3) is 0 Å². The van der Waals surface area contributed by atoms with Gasteiger partial charge in [-0.15, -0.1) is 0 Å². The van der Waals surface area contributed by atoms with E-state index < -0.39 is 11.7 Å². The van der Waals surface area contributed by atoms with Crippen LogP contribution in [-0.2, 0) is 32.1 Å². The maximum atomic E-state index is 12.2. The van der Waals surface area contributed by atoms with Gasteiger partial charge in [-0.3, -0.25) is 9.59 Å². The number of hydrogen-bond donors (Lipinski definition) is 2. The van der Waals surface area contributed by atoms with Crippen molar-refractivity contribution in [3.63, 3.8) is 0 Å². The van der Waals surface area contributed by atoms with Gasteiger partial charge in [0.05, 0.1) is 7.11 Å². The van der Waals surface area contributed by atoms with E-state index in [1.165, 1.54) is 7.11 Å². The summed E-state index contributed by atoms with van der Waals surface area (Å²) in [6.07, 6.45) is 1.03. The first-order valence-electron chi connectivity index (χ1n) is 9.66. The Morgan fingerprint density at radius 2 is 1.69 bits per heavy atom. The van der Waals surface area contributed by atoms with Crippen molar-refractivity contribution < 1.29 is 23.9 Å². The standard InChI is InChI=1S/C21H33N3O5/c1-21(2,19(26)22-13-14-24(3)4)23-18(25)8-6-7-16-9-11-17(12-10-16)15-29-20(27)28-5/h9-12H,6-8,13-15H2,1-5H3,(H,22,26)(H,23,25). The molecule has 0 atom stereocenters. The Kier molecular flexibility index (Phi) is 10.2. The number of likely N-dealkylation sites (N-methyl/N-ethyl adjacent to an activating group) is 1. The summed E-state index contributed by atoms with van der Waals surface area (Å²) in [5, 5.41) is 5.63. The van der Waals surface area contributed by atoms with E-state index in [0.29, 0.717) is 19.4 Å². The number of rotatable bonds is 11. The molecule has 1 aromatic rings. The molecule has 8 heteroatoms. The number of nitrogens with zero attached hydrogens (tertiary/aromatic N) is 1. The molecule has 8 nitrogen and oxygen atoms in total. The minimum Gasteiger partial charge on any atom is -0.438 e. The molecule has 1 rings (SSSR count). The monoisotopic (exact) mass is 407 g/mol. The number of methoxy groups -OCH3 is 1. The van der Waals surface area contributed by atoms with Crippen LogP contribution in [0.25, 0.3) is 0 Å². The van der Waals surface area contributed by atoms with Crippen LogP contribution in [0.5, 0.6) is 0 Å². The summed E-state index contributed by atoms with van der Waals surface area (Å²) >= 11 is 0. The fraction of sp³-hybridized carbons (Fsp3) is 0.571. The van der Waals surface area contributed by atoms with Gasteiger partial charge in [-0.2, -0.15) is 0 Å². The molecule has 0 spiro atoms. The molecular weight excluding hydrogens is 374 g/mol. The lowest BCUT2D eigenvalue weighted by Gasteiger charge is -2.25. The van der Waals surface area contributed by atoms with Crippen molar-refractivity contribution in [2.75, 3.05) is 34.3 Å². The van der Waals surface area contributed by atoms with Gasteiger partial charge in [0.1, 0.15) is 12.1 Å². The summed E-state index contributed by atoms with van der Waals surface area (Å²) in [5.41, 5.74) is 0.990. The lowest BCUT2D eigenvalue weighted by molar-refractivity contribution is -0.132. The van der Waals surface area contributed by atoms with Crippen LogP contribution in [0.1, 0.15) is 37.8 Å². The predicted molar refractivity (Wildman–Crippen MR) is 110 cm³/mol. The molecule has 0 radical (unpaired) electrons. The molecule has 0 heterocycles. The Morgan fingerprint density at radius 3 is 2.28 bits per heavy atom. The van der Waals surface area contributed by atoms with Crippen LogP contribution < -0.4 is 10.6 Å². The Bertz CT molecular complexity index is 671. The summed E-state index contributed by atoms with van der Waals surface area (Å²) in [7, 11) is 5.13. The summed E-state index contributed by atoms with van der Waals surface area (Å²) in [6, 6.07) is 7.63. The Morgan fingerprint density at radius 1 is 1.07 bits per heavy atom. The molecule has 0 aliphatic heterocycles. The fourth-order valence-electron chi connectivity index (χ4n) is 2.54. The van der Waals surface area contributed by atoms with E-state index in [9.17, 15) is 14.4 Å². The minimum atomic E-state index is -0.954. The first-order valence-corrected chi connectivity index (χ1v) is 9.66. The molecule has 0 aliphatic rings. The van der Waals surface area contributed by atoms with Crippen molar-refractivity contribution in [1.82, 2.24) is 15.5 Å². The fourth-order valence-corrected chi connectivity index (χ4v) is 2.54. The number of carbonyl (C=O) groups excluding carboxylic acids is 3. The van der Waals surface area contributed by atoms with Gasteiger partial charge in [-0.25, -0.2) is 4.79 Å². The molecule has 0 unspecified atom stereocenters. The molecule has 0 bridgehead atoms. The second kappa shape index (κ2) is 12.1. The van der Waals surface area contributed by atoms with Gasteiger partial charge in [-0.05, 0) is 51.9 Å². The van der Waals surface area contributed by atoms with Crippen molar-refractivity contribution in [3.8, 4) is 0 Å². The summed E-state index contributed by atoms with van der Waals surface area (Å²) in [5.74, 6) is -0.349. The molecule has 2 N–H and O–H groups in total. The van der Waals surface area contributed by atoms with Crippen molar-refractivity contribution in [2.45, 2.75) is 45.3 Å². The lowest BCUT2D eigenvalue weighted by Crippen LogP contribution is -2.55. The van der Waals surface area contributed by atoms with Gasteiger partial charge < -0.3 is 25.0 Å². The molecular formula is C21H33N3O5. The van der Waals surface area contributed by atoms with Gasteiger partial charge in [0.15, 0.2) is 0 Å². The van der Waals surface area contributed by atoms with E-state index >= 15 is 0 Å². The molecule has 0 saturated heterocycles. The maximum absolute atomic E-state index is 12.2. The SMILES string of the molecule is COC(=O)OCc1ccc(CCCC(=O)NC(C)(C)C(=O)NCCN(C)C)cc1. The topological polar surface area (TPSA) is 97.0 Å². The largest absolute Gasteiger partial charge is 0.508 e. The van der Waals surface area contributed by atoms with Crippen molar-refractivity contribution in [2.24, 2.45) is 0 Å². The van der Waals surface area contributed by atoms with Crippen LogP contribution in [0.4, 0.5) is 4.79 Å². The van der Waals surface area contributed by atoms with Gasteiger partial charge in [-0.1, -0.05) is 24.3 Å². The third-order valence-corrected chi connectivity index (χ3v) is 4.28. The molecule has 0 aliphatic carbocycles. The minimum absolute atomic E-state index is 0.152. The van der Waals surface area contributed by atoms with Crippen LogP contribution in [0.2, 0.25) is 0 Å². The zero-order valence-corrected chi connectivity index (χ0v) is 18.0. The van der Waals surface area contributed by atoms with Crippen LogP contribution >= 0.6 is 0 Å². The summed E-state index contributed by atoms with van der Waals surface area (Å²) in [4.78, 5) is 37.4. The number of nitrogens with one attached hydrogen (secondary N) is 2. The number of benzene rings is 1.